The Hall–Kier alpha value is -3.69. The molecule has 3 aromatic carbocycles. The van der Waals surface area contributed by atoms with Crippen LogP contribution in [0.5, 0.6) is 0 Å². The van der Waals surface area contributed by atoms with E-state index in [1.807, 2.05) is 6.07 Å². The lowest BCUT2D eigenvalue weighted by Crippen LogP contribution is -2.32. The second kappa shape index (κ2) is 10.9. The van der Waals surface area contributed by atoms with E-state index in [0.29, 0.717) is 0 Å². The van der Waals surface area contributed by atoms with Crippen LogP contribution < -0.4 is 9.47 Å². The number of hydrogen-bond donors (Lipinski definition) is 0. The van der Waals surface area contributed by atoms with Crippen LogP contribution in [0.15, 0.2) is 84.9 Å². The van der Waals surface area contributed by atoms with Gasteiger partial charge in [0.15, 0.2) is 10.1 Å². The molecule has 0 spiro atoms. The second-order valence-corrected chi connectivity index (χ2v) is 9.55. The van der Waals surface area contributed by atoms with Gasteiger partial charge in [-0.25, -0.2) is 8.42 Å². The number of nitrogens with zero attached hydrogens (tertiary/aromatic N) is 2. The smallest absolute Gasteiger partial charge is 0.485 e. The first-order valence-electron chi connectivity index (χ1n) is 10.8. The molecular formula is C27H25F3N2O3S. The molecule has 0 saturated carbocycles. The summed E-state index contributed by atoms with van der Waals surface area (Å²) in [4.78, 5) is 2.13. The first-order valence-corrected chi connectivity index (χ1v) is 12.2. The number of fused-ring (bicyclic) bond motifs is 1. The van der Waals surface area contributed by atoms with Gasteiger partial charge in [0.2, 0.25) is 11.2 Å². The number of halogens is 3. The average Bonchev–Trinajstić information content (AvgIpc) is 2.83. The molecule has 0 radical (unpaired) electrons. The maximum atomic E-state index is 10.7. The number of benzene rings is 3. The fourth-order valence-corrected chi connectivity index (χ4v) is 3.45. The summed E-state index contributed by atoms with van der Waals surface area (Å²) in [7, 11) is 0.172. The van der Waals surface area contributed by atoms with Gasteiger partial charge in [0.05, 0.1) is 0 Å². The van der Waals surface area contributed by atoms with Gasteiger partial charge in [-0.15, -0.1) is 0 Å². The van der Waals surface area contributed by atoms with Crippen LogP contribution in [0.1, 0.15) is 11.3 Å². The van der Waals surface area contributed by atoms with Crippen LogP contribution in [0, 0.1) is 0 Å². The van der Waals surface area contributed by atoms with E-state index in [9.17, 15) is 13.2 Å². The van der Waals surface area contributed by atoms with Crippen LogP contribution in [0.25, 0.3) is 34.2 Å². The van der Waals surface area contributed by atoms with Crippen molar-refractivity contribution >= 4 is 38.9 Å². The molecule has 0 unspecified atom stereocenters. The number of alkyl halides is 3. The van der Waals surface area contributed by atoms with Crippen molar-refractivity contribution in [3.05, 3.63) is 96.2 Å². The molecule has 1 aromatic heterocycles. The van der Waals surface area contributed by atoms with Gasteiger partial charge in [-0.1, -0.05) is 54.6 Å². The quantitative estimate of drug-likeness (QED) is 0.202. The Labute approximate surface area is 208 Å². The van der Waals surface area contributed by atoms with Crippen LogP contribution in [0.4, 0.5) is 18.9 Å². The third-order valence-electron chi connectivity index (χ3n) is 5.46. The highest BCUT2D eigenvalue weighted by atomic mass is 32.2. The van der Waals surface area contributed by atoms with Crippen molar-refractivity contribution in [2.24, 2.45) is 7.05 Å². The minimum atomic E-state index is -6.09. The fourth-order valence-electron chi connectivity index (χ4n) is 3.45. The fraction of sp³-hybridized carbons (Fsp3) is 0.148. The summed E-state index contributed by atoms with van der Waals surface area (Å²) >= 11 is 0. The summed E-state index contributed by atoms with van der Waals surface area (Å²) in [5, 5.41) is 1.25. The van der Waals surface area contributed by atoms with Crippen LogP contribution in [-0.2, 0) is 17.2 Å². The zero-order valence-electron chi connectivity index (χ0n) is 19.9. The van der Waals surface area contributed by atoms with Gasteiger partial charge in [-0.05, 0) is 41.0 Å². The van der Waals surface area contributed by atoms with Gasteiger partial charge >= 0.3 is 5.51 Å². The lowest BCUT2D eigenvalue weighted by molar-refractivity contribution is -0.646. The molecule has 5 nitrogen and oxygen atoms in total. The van der Waals surface area contributed by atoms with E-state index in [1.165, 1.54) is 39.0 Å². The van der Waals surface area contributed by atoms with Crippen molar-refractivity contribution in [2.75, 3.05) is 19.0 Å². The molecule has 4 rings (SSSR count). The van der Waals surface area contributed by atoms with E-state index < -0.39 is 15.6 Å². The molecule has 0 aliphatic heterocycles. The molecule has 0 aliphatic rings. The first-order chi connectivity index (χ1) is 16.9. The molecule has 9 heteroatoms. The molecule has 0 N–H and O–H groups in total. The molecule has 0 atom stereocenters. The van der Waals surface area contributed by atoms with E-state index in [1.54, 1.807) is 0 Å². The molecule has 1 heterocycles. The summed E-state index contributed by atoms with van der Waals surface area (Å²) in [6, 6.07) is 30.1. The standard InChI is InChI=1S/C26H25N2.CHF3O3S/c1-27(2)25-17-18-26-23(19-25)14-16-24(28(26)3)15-11-20-9-12-22(13-10-20)21-7-5-4-6-8-21;2-1(3,4)8(5,6)7/h4-19H,1-3H3;(H,5,6,7)/q+1;/p-1/b15-11+;. The number of rotatable bonds is 4. The molecule has 0 bridgehead atoms. The van der Waals surface area contributed by atoms with Crippen LogP contribution in [0.3, 0.4) is 0 Å². The first kappa shape index (κ1) is 26.9. The Morgan fingerprint density at radius 3 is 1.97 bits per heavy atom. The highest BCUT2D eigenvalue weighted by Crippen LogP contribution is 2.22. The van der Waals surface area contributed by atoms with Gasteiger partial charge < -0.3 is 9.45 Å². The van der Waals surface area contributed by atoms with Gasteiger partial charge in [-0.2, -0.15) is 17.7 Å². The van der Waals surface area contributed by atoms with Gasteiger partial charge in [0.25, 0.3) is 0 Å². The third kappa shape index (κ3) is 6.71. The number of anilines is 1. The monoisotopic (exact) mass is 514 g/mol. The highest BCUT2D eigenvalue weighted by molar-refractivity contribution is 7.86. The number of aryl methyl sites for hydroxylation is 1. The zero-order chi connectivity index (χ0) is 26.5. The Kier molecular flexibility index (Phi) is 8.17. The summed E-state index contributed by atoms with van der Waals surface area (Å²) in [5.41, 5.74) is 1.66. The predicted octanol–water partition coefficient (Wildman–Crippen LogP) is 5.62. The van der Waals surface area contributed by atoms with Crippen LogP contribution >= 0.6 is 0 Å². The molecule has 0 amide bonds. The van der Waals surface area contributed by atoms with E-state index in [2.05, 4.69) is 122 Å². The number of pyridine rings is 1. The average molecular weight is 515 g/mol. The summed E-state index contributed by atoms with van der Waals surface area (Å²) in [6.45, 7) is 0. The van der Waals surface area contributed by atoms with E-state index in [4.69, 9.17) is 13.0 Å². The SMILES string of the molecule is CN(C)c1ccc2c(ccc(/C=C/c3ccc(-c4ccccc4)cc3)[n+]2C)c1.O=S(=O)([O-])C(F)(F)F. The lowest BCUT2D eigenvalue weighted by atomic mass is 10.0. The van der Waals surface area contributed by atoms with Crippen LogP contribution in [-0.4, -0.2) is 32.6 Å². The Morgan fingerprint density at radius 1 is 0.833 bits per heavy atom. The topological polar surface area (TPSA) is 64.3 Å². The Bertz CT molecular complexity index is 1470. The minimum Gasteiger partial charge on any atom is -0.741 e. The molecule has 0 fully saturated rings. The van der Waals surface area contributed by atoms with E-state index in [-0.39, 0.29) is 0 Å². The number of aromatic nitrogens is 1. The van der Waals surface area contributed by atoms with Crippen molar-refractivity contribution in [2.45, 2.75) is 5.51 Å². The van der Waals surface area contributed by atoms with E-state index >= 15 is 0 Å². The van der Waals surface area contributed by atoms with E-state index in [0.717, 1.165) is 0 Å². The Balaban J connectivity index is 0.000000392. The molecular weight excluding hydrogens is 489 g/mol. The molecule has 188 valence electrons. The normalized spacial score (nSPS) is 11.9. The minimum absolute atomic E-state index is 1.18. The maximum Gasteiger partial charge on any atom is 0.485 e. The molecule has 0 aliphatic carbocycles. The molecule has 36 heavy (non-hydrogen) atoms. The highest BCUT2D eigenvalue weighted by Gasteiger charge is 2.36. The number of hydrogen-bond acceptors (Lipinski definition) is 4. The largest absolute Gasteiger partial charge is 0.741 e. The van der Waals surface area contributed by atoms with Gasteiger partial charge in [0, 0.05) is 43.4 Å². The van der Waals surface area contributed by atoms with Crippen molar-refractivity contribution in [3.63, 3.8) is 0 Å². The molecule has 0 saturated heterocycles. The van der Waals surface area contributed by atoms with Crippen LogP contribution in [0.2, 0.25) is 0 Å². The summed E-state index contributed by atoms with van der Waals surface area (Å²) in [5.74, 6) is 0. The summed E-state index contributed by atoms with van der Waals surface area (Å²) in [6.07, 6.45) is 4.35. The van der Waals surface area contributed by atoms with Crippen molar-refractivity contribution < 1.29 is 30.7 Å². The van der Waals surface area contributed by atoms with Crippen molar-refractivity contribution in [1.82, 2.24) is 0 Å². The zero-order valence-corrected chi connectivity index (χ0v) is 20.7. The van der Waals surface area contributed by atoms with Gasteiger partial charge in [0.1, 0.15) is 7.05 Å². The van der Waals surface area contributed by atoms with Crippen molar-refractivity contribution in [1.29, 1.82) is 0 Å². The predicted molar refractivity (Wildman–Crippen MR) is 136 cm³/mol. The summed E-state index contributed by atoms with van der Waals surface area (Å²) < 4.78 is 61.1. The second-order valence-electron chi connectivity index (χ2n) is 8.18. The van der Waals surface area contributed by atoms with Crippen molar-refractivity contribution in [3.8, 4) is 11.1 Å². The maximum absolute atomic E-state index is 10.7. The molecule has 4 aromatic rings. The third-order valence-corrected chi connectivity index (χ3v) is 6.02. The van der Waals surface area contributed by atoms with Gasteiger partial charge in [-0.3, -0.25) is 0 Å². The lowest BCUT2D eigenvalue weighted by Gasteiger charge is -2.12. The Morgan fingerprint density at radius 2 is 1.42 bits per heavy atom.